The monoisotopic (exact) mass is 225 g/mol. The first-order valence-corrected chi connectivity index (χ1v) is 6.52. The van der Waals surface area contributed by atoms with E-state index in [0.717, 1.165) is 26.2 Å². The van der Waals surface area contributed by atoms with E-state index in [-0.39, 0.29) is 0 Å². The Kier molecular flexibility index (Phi) is 3.72. The summed E-state index contributed by atoms with van der Waals surface area (Å²) in [5.74, 6) is 0. The van der Waals surface area contributed by atoms with Gasteiger partial charge in [0.05, 0.1) is 10.7 Å². The second kappa shape index (κ2) is 5.05. The molecule has 1 aromatic heterocycles. The Morgan fingerprint density at radius 3 is 3.20 bits per heavy atom. The summed E-state index contributed by atoms with van der Waals surface area (Å²) in [7, 11) is 0. The van der Waals surface area contributed by atoms with Gasteiger partial charge in [0, 0.05) is 37.6 Å². The Morgan fingerprint density at radius 2 is 2.53 bits per heavy atom. The number of hydrogen-bond acceptors (Lipinski definition) is 4. The highest BCUT2D eigenvalue weighted by Crippen LogP contribution is 2.12. The quantitative estimate of drug-likeness (QED) is 0.847. The van der Waals surface area contributed by atoms with Crippen LogP contribution >= 0.6 is 11.3 Å². The molecule has 3 nitrogen and oxygen atoms in total. The highest BCUT2D eigenvalue weighted by atomic mass is 32.1. The summed E-state index contributed by atoms with van der Waals surface area (Å²) in [5.41, 5.74) is 1.23. The van der Waals surface area contributed by atoms with E-state index in [1.165, 1.54) is 17.1 Å². The molecule has 2 rings (SSSR count). The molecule has 1 fully saturated rings. The van der Waals surface area contributed by atoms with E-state index in [0.29, 0.717) is 6.04 Å². The van der Waals surface area contributed by atoms with Gasteiger partial charge in [0.1, 0.15) is 0 Å². The lowest BCUT2D eigenvalue weighted by molar-refractivity contribution is 0.188. The van der Waals surface area contributed by atoms with Crippen LogP contribution in [0.2, 0.25) is 0 Å². The molecule has 1 atom stereocenters. The Balaban J connectivity index is 1.88. The third-order valence-corrected chi connectivity index (χ3v) is 3.71. The minimum atomic E-state index is 0.665. The summed E-state index contributed by atoms with van der Waals surface area (Å²) < 4.78 is 0. The van der Waals surface area contributed by atoms with E-state index in [1.54, 1.807) is 11.3 Å². The average Bonchev–Trinajstić information content (AvgIpc) is 2.64. The zero-order valence-corrected chi connectivity index (χ0v) is 10.3. The fourth-order valence-corrected chi connectivity index (χ4v) is 2.63. The first kappa shape index (κ1) is 11.0. The fraction of sp³-hybridized carbons (Fsp3) is 0.727. The van der Waals surface area contributed by atoms with Crippen LogP contribution in [0.4, 0.5) is 0 Å². The number of thiazole rings is 1. The molecule has 1 aliphatic heterocycles. The van der Waals surface area contributed by atoms with Gasteiger partial charge in [0.25, 0.3) is 0 Å². The van der Waals surface area contributed by atoms with Gasteiger partial charge in [-0.25, -0.2) is 4.98 Å². The van der Waals surface area contributed by atoms with E-state index in [2.05, 4.69) is 34.4 Å². The summed E-state index contributed by atoms with van der Waals surface area (Å²) in [4.78, 5) is 7.01. The van der Waals surface area contributed by atoms with Crippen molar-refractivity contribution in [3.8, 4) is 0 Å². The molecule has 1 saturated heterocycles. The molecule has 1 N–H and O–H groups in total. The number of nitrogens with one attached hydrogen (secondary N) is 1. The topological polar surface area (TPSA) is 28.2 Å². The van der Waals surface area contributed by atoms with Gasteiger partial charge in [-0.15, -0.1) is 11.3 Å². The van der Waals surface area contributed by atoms with Crippen LogP contribution in [0.25, 0.3) is 0 Å². The molecular weight excluding hydrogens is 206 g/mol. The molecule has 2 heterocycles. The molecule has 1 unspecified atom stereocenters. The first-order chi connectivity index (χ1) is 7.28. The molecule has 0 aromatic carbocycles. The maximum absolute atomic E-state index is 4.51. The number of rotatable bonds is 3. The Bertz CT molecular complexity index is 311. The lowest BCUT2D eigenvalue weighted by atomic mass is 10.1. The molecule has 0 aliphatic carbocycles. The van der Waals surface area contributed by atoms with Crippen molar-refractivity contribution in [2.24, 2.45) is 0 Å². The van der Waals surface area contributed by atoms with E-state index in [4.69, 9.17) is 0 Å². The van der Waals surface area contributed by atoms with Gasteiger partial charge in [0.15, 0.2) is 0 Å². The minimum Gasteiger partial charge on any atom is -0.311 e. The predicted octanol–water partition coefficient (Wildman–Crippen LogP) is 1.64. The predicted molar refractivity (Wildman–Crippen MR) is 64.2 cm³/mol. The van der Waals surface area contributed by atoms with Gasteiger partial charge in [0.2, 0.25) is 0 Å². The van der Waals surface area contributed by atoms with Crippen molar-refractivity contribution in [2.45, 2.75) is 32.9 Å². The Labute approximate surface area is 95.5 Å². The number of aromatic nitrogens is 1. The Hall–Kier alpha value is -0.450. The molecule has 0 saturated carbocycles. The molecule has 0 spiro atoms. The van der Waals surface area contributed by atoms with Crippen molar-refractivity contribution in [3.05, 3.63) is 16.1 Å². The number of hydrogen-bond donors (Lipinski definition) is 1. The summed E-state index contributed by atoms with van der Waals surface area (Å²) in [5, 5.41) is 6.88. The molecule has 0 radical (unpaired) electrons. The van der Waals surface area contributed by atoms with Crippen LogP contribution in [0.1, 0.15) is 24.0 Å². The largest absolute Gasteiger partial charge is 0.311 e. The Morgan fingerprint density at radius 1 is 1.67 bits per heavy atom. The van der Waals surface area contributed by atoms with Gasteiger partial charge < -0.3 is 5.32 Å². The normalized spacial score (nSPS) is 23.2. The lowest BCUT2D eigenvalue weighted by Gasteiger charge is -2.32. The van der Waals surface area contributed by atoms with Gasteiger partial charge in [-0.3, -0.25) is 4.90 Å². The molecule has 15 heavy (non-hydrogen) atoms. The van der Waals surface area contributed by atoms with E-state index in [9.17, 15) is 0 Å². The molecule has 0 bridgehead atoms. The van der Waals surface area contributed by atoms with E-state index in [1.807, 2.05) is 0 Å². The fourth-order valence-electron chi connectivity index (χ4n) is 2.02. The summed E-state index contributed by atoms with van der Waals surface area (Å²) in [6, 6.07) is 0.665. The van der Waals surface area contributed by atoms with Crippen LogP contribution in [-0.2, 0) is 6.54 Å². The molecule has 1 aromatic rings. The third-order valence-electron chi connectivity index (χ3n) is 2.88. The van der Waals surface area contributed by atoms with Crippen molar-refractivity contribution in [1.29, 1.82) is 0 Å². The maximum Gasteiger partial charge on any atom is 0.0897 e. The molecule has 0 amide bonds. The standard InChI is InChI=1S/C11H19N3S/c1-3-10-6-14(5-4-12-10)7-11-8-15-9(2)13-11/h8,10,12H,3-7H2,1-2H3. The van der Waals surface area contributed by atoms with E-state index >= 15 is 0 Å². The summed E-state index contributed by atoms with van der Waals surface area (Å²) in [6.45, 7) is 8.75. The SMILES string of the molecule is CCC1CN(Cc2csc(C)n2)CCN1. The van der Waals surface area contributed by atoms with E-state index < -0.39 is 0 Å². The van der Waals surface area contributed by atoms with Gasteiger partial charge in [-0.2, -0.15) is 0 Å². The van der Waals surface area contributed by atoms with Crippen LogP contribution < -0.4 is 5.32 Å². The molecule has 1 aliphatic rings. The van der Waals surface area contributed by atoms with Crippen LogP contribution in [0.5, 0.6) is 0 Å². The van der Waals surface area contributed by atoms with Gasteiger partial charge >= 0.3 is 0 Å². The number of aryl methyl sites for hydroxylation is 1. The zero-order valence-electron chi connectivity index (χ0n) is 9.49. The summed E-state index contributed by atoms with van der Waals surface area (Å²) in [6.07, 6.45) is 1.21. The van der Waals surface area contributed by atoms with Crippen LogP contribution in [0.15, 0.2) is 5.38 Å². The number of nitrogens with zero attached hydrogens (tertiary/aromatic N) is 2. The van der Waals surface area contributed by atoms with Crippen LogP contribution in [-0.4, -0.2) is 35.6 Å². The highest BCUT2D eigenvalue weighted by Gasteiger charge is 2.18. The zero-order chi connectivity index (χ0) is 10.7. The second-order valence-corrected chi connectivity index (χ2v) is 5.21. The minimum absolute atomic E-state index is 0.665. The van der Waals surface area contributed by atoms with Crippen molar-refractivity contribution in [3.63, 3.8) is 0 Å². The maximum atomic E-state index is 4.51. The second-order valence-electron chi connectivity index (χ2n) is 4.15. The van der Waals surface area contributed by atoms with Gasteiger partial charge in [-0.1, -0.05) is 6.92 Å². The lowest BCUT2D eigenvalue weighted by Crippen LogP contribution is -2.49. The highest BCUT2D eigenvalue weighted by molar-refractivity contribution is 7.09. The van der Waals surface area contributed by atoms with Crippen molar-refractivity contribution in [2.75, 3.05) is 19.6 Å². The first-order valence-electron chi connectivity index (χ1n) is 5.64. The third kappa shape index (κ3) is 3.00. The smallest absolute Gasteiger partial charge is 0.0897 e. The number of piperazine rings is 1. The van der Waals surface area contributed by atoms with Crippen molar-refractivity contribution >= 4 is 11.3 Å². The summed E-state index contributed by atoms with van der Waals surface area (Å²) >= 11 is 1.75. The molecule has 4 heteroatoms. The molecular formula is C11H19N3S. The van der Waals surface area contributed by atoms with Crippen molar-refractivity contribution in [1.82, 2.24) is 15.2 Å². The average molecular weight is 225 g/mol. The van der Waals surface area contributed by atoms with Crippen LogP contribution in [0, 0.1) is 6.92 Å². The molecule has 84 valence electrons. The van der Waals surface area contributed by atoms with Gasteiger partial charge in [-0.05, 0) is 13.3 Å². The van der Waals surface area contributed by atoms with Crippen molar-refractivity contribution < 1.29 is 0 Å². The van der Waals surface area contributed by atoms with Crippen LogP contribution in [0.3, 0.4) is 0 Å².